The molecular formula is C16H20ClN2O2+. The van der Waals surface area contributed by atoms with Gasteiger partial charge in [-0.15, -0.1) is 0 Å². The molecule has 21 heavy (non-hydrogen) atoms. The summed E-state index contributed by atoms with van der Waals surface area (Å²) in [5.41, 5.74) is 0.627. The summed E-state index contributed by atoms with van der Waals surface area (Å²) in [5.74, 6) is 0.568. The monoisotopic (exact) mass is 307 g/mol. The minimum absolute atomic E-state index is 0.0631. The molecule has 2 saturated heterocycles. The Morgan fingerprint density at radius 1 is 1.14 bits per heavy atom. The zero-order chi connectivity index (χ0) is 15.0. The summed E-state index contributed by atoms with van der Waals surface area (Å²) < 4.78 is 0. The van der Waals surface area contributed by atoms with Gasteiger partial charge in [-0.2, -0.15) is 0 Å². The van der Waals surface area contributed by atoms with Crippen LogP contribution in [0.3, 0.4) is 0 Å². The van der Waals surface area contributed by atoms with E-state index in [1.54, 1.807) is 24.3 Å². The number of hydrogen-bond donors (Lipinski definition) is 1. The third kappa shape index (κ3) is 2.83. The SMILES string of the molecule is CC1CC[NH+]([C@H]2CC(=O)N(c3ccc(Cl)cc3)C2=O)CC1. The molecule has 1 aromatic rings. The molecule has 112 valence electrons. The molecular weight excluding hydrogens is 288 g/mol. The number of nitrogens with zero attached hydrogens (tertiary/aromatic N) is 1. The summed E-state index contributed by atoms with van der Waals surface area (Å²) in [4.78, 5) is 27.5. The number of piperidine rings is 1. The van der Waals surface area contributed by atoms with Gasteiger partial charge >= 0.3 is 0 Å². The van der Waals surface area contributed by atoms with Crippen molar-refractivity contribution in [3.63, 3.8) is 0 Å². The van der Waals surface area contributed by atoms with E-state index >= 15 is 0 Å². The van der Waals surface area contributed by atoms with Crippen LogP contribution in [0, 0.1) is 5.92 Å². The molecule has 1 atom stereocenters. The maximum Gasteiger partial charge on any atom is 0.292 e. The maximum atomic E-state index is 12.6. The molecule has 3 rings (SSSR count). The van der Waals surface area contributed by atoms with Gasteiger partial charge in [0.05, 0.1) is 25.2 Å². The summed E-state index contributed by atoms with van der Waals surface area (Å²) in [7, 11) is 0. The molecule has 2 amide bonds. The first-order valence-electron chi connectivity index (χ1n) is 7.53. The van der Waals surface area contributed by atoms with Crippen LogP contribution in [0.1, 0.15) is 26.2 Å². The van der Waals surface area contributed by atoms with Gasteiger partial charge in [-0.1, -0.05) is 18.5 Å². The average Bonchev–Trinajstić information content (AvgIpc) is 2.76. The van der Waals surface area contributed by atoms with Crippen LogP contribution in [-0.2, 0) is 9.59 Å². The van der Waals surface area contributed by atoms with E-state index in [1.165, 1.54) is 9.80 Å². The Morgan fingerprint density at radius 3 is 2.38 bits per heavy atom. The lowest BCUT2D eigenvalue weighted by molar-refractivity contribution is -0.920. The lowest BCUT2D eigenvalue weighted by Crippen LogP contribution is -3.17. The molecule has 2 aliphatic rings. The molecule has 0 bridgehead atoms. The van der Waals surface area contributed by atoms with Crippen molar-refractivity contribution in [1.82, 2.24) is 0 Å². The van der Waals surface area contributed by atoms with Crippen molar-refractivity contribution in [1.29, 1.82) is 0 Å². The Kier molecular flexibility index (Phi) is 4.00. The van der Waals surface area contributed by atoms with Gasteiger partial charge in [0, 0.05) is 5.02 Å². The van der Waals surface area contributed by atoms with Crippen LogP contribution in [0.5, 0.6) is 0 Å². The quantitative estimate of drug-likeness (QED) is 0.837. The van der Waals surface area contributed by atoms with Crippen LogP contribution in [0.15, 0.2) is 24.3 Å². The zero-order valence-electron chi connectivity index (χ0n) is 12.1. The lowest BCUT2D eigenvalue weighted by atomic mass is 9.97. The number of anilines is 1. The number of rotatable bonds is 2. The Bertz CT molecular complexity index is 550. The second kappa shape index (κ2) is 5.78. The van der Waals surface area contributed by atoms with Crippen molar-refractivity contribution in [2.75, 3.05) is 18.0 Å². The number of nitrogens with one attached hydrogen (secondary N) is 1. The number of benzene rings is 1. The minimum atomic E-state index is -0.208. The maximum absolute atomic E-state index is 12.6. The lowest BCUT2D eigenvalue weighted by Gasteiger charge is -2.30. The zero-order valence-corrected chi connectivity index (χ0v) is 12.9. The molecule has 2 heterocycles. The van der Waals surface area contributed by atoms with E-state index in [-0.39, 0.29) is 17.9 Å². The fraction of sp³-hybridized carbons (Fsp3) is 0.500. The molecule has 0 spiro atoms. The predicted molar refractivity (Wildman–Crippen MR) is 81.4 cm³/mol. The second-order valence-electron chi connectivity index (χ2n) is 6.14. The molecule has 5 heteroatoms. The number of quaternary nitrogens is 1. The van der Waals surface area contributed by atoms with Crippen molar-refractivity contribution in [3.05, 3.63) is 29.3 Å². The third-order valence-corrected chi connectivity index (χ3v) is 4.89. The number of carbonyl (C=O) groups is 2. The van der Waals surface area contributed by atoms with E-state index in [0.29, 0.717) is 17.1 Å². The number of imide groups is 1. The van der Waals surface area contributed by atoms with Gasteiger partial charge in [0.15, 0.2) is 6.04 Å². The Hall–Kier alpha value is -1.39. The number of likely N-dealkylation sites (tertiary alicyclic amines) is 1. The number of amides is 2. The van der Waals surface area contributed by atoms with Crippen LogP contribution < -0.4 is 9.80 Å². The first-order chi connectivity index (χ1) is 10.1. The molecule has 0 saturated carbocycles. The van der Waals surface area contributed by atoms with E-state index in [2.05, 4.69) is 6.92 Å². The number of halogens is 1. The Labute approximate surface area is 129 Å². The number of hydrogen-bond acceptors (Lipinski definition) is 2. The standard InChI is InChI=1S/C16H19ClN2O2/c1-11-6-8-18(9-7-11)14-10-15(20)19(16(14)21)13-4-2-12(17)3-5-13/h2-5,11,14H,6-10H2,1H3/p+1/t14-/m0/s1. The molecule has 4 nitrogen and oxygen atoms in total. The Balaban J connectivity index is 1.77. The fourth-order valence-corrected chi connectivity index (χ4v) is 3.42. The summed E-state index contributed by atoms with van der Waals surface area (Å²) >= 11 is 5.86. The second-order valence-corrected chi connectivity index (χ2v) is 6.58. The highest BCUT2D eigenvalue weighted by molar-refractivity contribution is 6.30. The Morgan fingerprint density at radius 2 is 1.76 bits per heavy atom. The minimum Gasteiger partial charge on any atom is -0.324 e. The van der Waals surface area contributed by atoms with E-state index in [0.717, 1.165) is 31.8 Å². The molecule has 2 fully saturated rings. The summed E-state index contributed by atoms with van der Waals surface area (Å²) in [6.07, 6.45) is 2.59. The number of carbonyl (C=O) groups excluding carboxylic acids is 2. The summed E-state index contributed by atoms with van der Waals surface area (Å²) in [5, 5.41) is 0.602. The third-order valence-electron chi connectivity index (χ3n) is 4.64. The highest BCUT2D eigenvalue weighted by atomic mass is 35.5. The van der Waals surface area contributed by atoms with Crippen molar-refractivity contribution in [3.8, 4) is 0 Å². The van der Waals surface area contributed by atoms with Gasteiger partial charge in [-0.3, -0.25) is 9.59 Å². The fourth-order valence-electron chi connectivity index (χ4n) is 3.29. The topological polar surface area (TPSA) is 41.8 Å². The van der Waals surface area contributed by atoms with Gasteiger partial charge in [0.25, 0.3) is 5.91 Å². The predicted octanol–water partition coefficient (Wildman–Crippen LogP) is 1.29. The van der Waals surface area contributed by atoms with Crippen molar-refractivity contribution < 1.29 is 14.5 Å². The average molecular weight is 308 g/mol. The highest BCUT2D eigenvalue weighted by Gasteiger charge is 2.46. The van der Waals surface area contributed by atoms with Crippen LogP contribution in [0.4, 0.5) is 5.69 Å². The van der Waals surface area contributed by atoms with E-state index in [4.69, 9.17) is 11.6 Å². The van der Waals surface area contributed by atoms with Crippen LogP contribution in [0.2, 0.25) is 5.02 Å². The van der Waals surface area contributed by atoms with Gasteiger partial charge in [0.2, 0.25) is 5.91 Å². The van der Waals surface area contributed by atoms with E-state index < -0.39 is 0 Å². The van der Waals surface area contributed by atoms with Crippen LogP contribution >= 0.6 is 11.6 Å². The normalized spacial score (nSPS) is 30.0. The molecule has 0 radical (unpaired) electrons. The first-order valence-corrected chi connectivity index (χ1v) is 7.91. The van der Waals surface area contributed by atoms with E-state index in [9.17, 15) is 9.59 Å². The molecule has 2 aliphatic heterocycles. The highest BCUT2D eigenvalue weighted by Crippen LogP contribution is 2.24. The molecule has 0 aliphatic carbocycles. The molecule has 0 aromatic heterocycles. The van der Waals surface area contributed by atoms with Crippen molar-refractivity contribution >= 4 is 29.1 Å². The molecule has 1 aromatic carbocycles. The van der Waals surface area contributed by atoms with Gasteiger partial charge in [0.1, 0.15) is 0 Å². The molecule has 0 unspecified atom stereocenters. The van der Waals surface area contributed by atoms with E-state index in [1.807, 2.05) is 0 Å². The van der Waals surface area contributed by atoms with Gasteiger partial charge in [-0.25, -0.2) is 4.90 Å². The van der Waals surface area contributed by atoms with Gasteiger partial charge < -0.3 is 4.90 Å². The smallest absolute Gasteiger partial charge is 0.292 e. The van der Waals surface area contributed by atoms with Crippen molar-refractivity contribution in [2.24, 2.45) is 5.92 Å². The summed E-state index contributed by atoms with van der Waals surface area (Å²) in [6, 6.07) is 6.67. The van der Waals surface area contributed by atoms with Crippen molar-refractivity contribution in [2.45, 2.75) is 32.2 Å². The summed E-state index contributed by atoms with van der Waals surface area (Å²) in [6.45, 7) is 4.22. The first kappa shape index (κ1) is 14.5. The molecule has 1 N–H and O–H groups in total. The van der Waals surface area contributed by atoms with Crippen LogP contribution in [-0.4, -0.2) is 30.9 Å². The largest absolute Gasteiger partial charge is 0.324 e. The van der Waals surface area contributed by atoms with Gasteiger partial charge in [-0.05, 0) is 43.0 Å². The van der Waals surface area contributed by atoms with Crippen LogP contribution in [0.25, 0.3) is 0 Å².